The number of carbonyl (C=O) groups excluding carboxylic acids is 2. The molecule has 14 nitrogen and oxygen atoms in total. The van der Waals surface area contributed by atoms with Gasteiger partial charge in [0.25, 0.3) is 0 Å². The summed E-state index contributed by atoms with van der Waals surface area (Å²) >= 11 is 0. The minimum absolute atomic E-state index is 0.0456. The monoisotopic (exact) mass is 902 g/mol. The van der Waals surface area contributed by atoms with E-state index in [-0.39, 0.29) is 49.2 Å². The number of nitrogens with one attached hydrogen (secondary N) is 1. The molecule has 3 saturated heterocycles. The van der Waals surface area contributed by atoms with Crippen LogP contribution in [0.5, 0.6) is 0 Å². The first-order chi connectivity index (χ1) is 30.9. The van der Waals surface area contributed by atoms with Crippen molar-refractivity contribution < 1.29 is 59.5 Å². The zero-order valence-electron chi connectivity index (χ0n) is 38.4. The molecule has 7 fully saturated rings. The highest BCUT2D eigenvalue weighted by Crippen LogP contribution is 2.74. The van der Waals surface area contributed by atoms with Crippen LogP contribution in [0.1, 0.15) is 115 Å². The summed E-state index contributed by atoms with van der Waals surface area (Å²) in [5.74, 6) is 0.835. The Kier molecular flexibility index (Phi) is 11.2. The van der Waals surface area contributed by atoms with Gasteiger partial charge >= 0.3 is 0 Å². The average Bonchev–Trinajstić information content (AvgIpc) is 3.57. The molecule has 7 bridgehead atoms. The minimum atomic E-state index is -3.02. The van der Waals surface area contributed by atoms with Crippen molar-refractivity contribution >= 4 is 11.7 Å². The summed E-state index contributed by atoms with van der Waals surface area (Å²) in [6.07, 6.45) is 3.22. The van der Waals surface area contributed by atoms with Crippen LogP contribution in [0.25, 0.3) is 0 Å². The van der Waals surface area contributed by atoms with Crippen molar-refractivity contribution in [1.82, 2.24) is 10.2 Å². The quantitative estimate of drug-likeness (QED) is 0.0816. The zero-order chi connectivity index (χ0) is 46.1. The fourth-order valence-corrected chi connectivity index (χ4v) is 16.0. The van der Waals surface area contributed by atoms with E-state index in [1.807, 2.05) is 31.2 Å². The van der Waals surface area contributed by atoms with Crippen LogP contribution in [-0.4, -0.2) is 139 Å². The second kappa shape index (κ2) is 15.9. The third kappa shape index (κ3) is 6.40. The molecule has 356 valence electrons. The van der Waals surface area contributed by atoms with Crippen molar-refractivity contribution in [3.05, 3.63) is 47.0 Å². The predicted octanol–water partition coefficient (Wildman–Crippen LogP) is 2.43. The van der Waals surface area contributed by atoms with Gasteiger partial charge in [0.1, 0.15) is 24.0 Å². The molecular weight excluding hydrogens is 833 g/mol. The van der Waals surface area contributed by atoms with E-state index in [2.05, 4.69) is 24.1 Å². The Labute approximate surface area is 382 Å². The van der Waals surface area contributed by atoms with E-state index >= 15 is 4.79 Å². The first-order valence-electron chi connectivity index (χ1n) is 24.3. The summed E-state index contributed by atoms with van der Waals surface area (Å²) in [7, 11) is 1.66. The van der Waals surface area contributed by atoms with E-state index in [0.717, 1.165) is 17.5 Å². The maximum atomic E-state index is 15.1. The van der Waals surface area contributed by atoms with Crippen molar-refractivity contribution in [3.8, 4) is 11.8 Å². The zero-order valence-corrected chi connectivity index (χ0v) is 38.4. The van der Waals surface area contributed by atoms with Crippen molar-refractivity contribution in [2.45, 2.75) is 164 Å². The van der Waals surface area contributed by atoms with E-state index in [4.69, 9.17) is 14.2 Å². The fraction of sp³-hybridized carbons (Fsp3) is 0.765. The molecule has 4 saturated carbocycles. The molecule has 17 unspecified atom stereocenters. The Morgan fingerprint density at radius 3 is 2.52 bits per heavy atom. The van der Waals surface area contributed by atoms with Crippen LogP contribution in [0.2, 0.25) is 0 Å². The number of hydrogen-bond acceptors (Lipinski definition) is 13. The van der Waals surface area contributed by atoms with Gasteiger partial charge in [0, 0.05) is 74.4 Å². The molecule has 1 amide bonds. The molecule has 2 spiro atoms. The number of hydrogen-bond donors (Lipinski definition) is 8. The lowest BCUT2D eigenvalue weighted by atomic mass is 9.39. The molecular formula is C51H70N2O12. The molecule has 5 heterocycles. The number of fused-ring (bicyclic) bond motifs is 4. The molecule has 17 atom stereocenters. The Balaban J connectivity index is 1.08. The van der Waals surface area contributed by atoms with Crippen LogP contribution < -0.4 is 5.32 Å². The average molecular weight is 903 g/mol. The Morgan fingerprint density at radius 1 is 0.969 bits per heavy atom. The lowest BCUT2D eigenvalue weighted by molar-refractivity contribution is -0.345. The number of ether oxygens (including phenoxy) is 3. The second-order valence-corrected chi connectivity index (χ2v) is 22.4. The smallest absolute Gasteiger partial charge is 0.240 e. The van der Waals surface area contributed by atoms with Gasteiger partial charge in [-0.3, -0.25) is 14.9 Å². The predicted molar refractivity (Wildman–Crippen MR) is 235 cm³/mol. The number of aliphatic hydroxyl groups excluding tert-OH is 3. The van der Waals surface area contributed by atoms with E-state index in [0.29, 0.717) is 83.1 Å². The number of aliphatic hydroxyl groups is 7. The van der Waals surface area contributed by atoms with Gasteiger partial charge in [0.2, 0.25) is 11.7 Å². The number of ketones is 1. The molecule has 1 aromatic rings. The van der Waals surface area contributed by atoms with Crippen molar-refractivity contribution in [2.24, 2.45) is 45.3 Å². The molecule has 5 aliphatic heterocycles. The van der Waals surface area contributed by atoms with E-state index in [9.17, 15) is 40.5 Å². The van der Waals surface area contributed by atoms with Crippen LogP contribution in [0.3, 0.4) is 0 Å². The molecule has 14 heteroatoms. The summed E-state index contributed by atoms with van der Waals surface area (Å²) in [5, 5.41) is 88.5. The number of carbonyl (C=O) groups is 2. The highest BCUT2D eigenvalue weighted by molar-refractivity contribution is 5.96. The number of piperidine rings is 1. The van der Waals surface area contributed by atoms with Gasteiger partial charge in [0.05, 0.1) is 35.8 Å². The molecule has 1 aromatic carbocycles. The van der Waals surface area contributed by atoms with E-state index in [1.165, 1.54) is 6.92 Å². The van der Waals surface area contributed by atoms with Gasteiger partial charge in [-0.2, -0.15) is 0 Å². The van der Waals surface area contributed by atoms with Gasteiger partial charge in [0.15, 0.2) is 5.78 Å². The number of amides is 1. The summed E-state index contributed by atoms with van der Waals surface area (Å²) in [5.41, 5.74) is -5.39. The Hall–Kier alpha value is -2.78. The SMILES string of the molecule is COCCCOC1CCC2(C)C(C1)C(=O)C=C1C3(O)CCC4C(C)(O)C(O)(O)C5OC6C(O)NC(C(=O)N7CC7CC#CC12CCC43C)C1(CCC(c2cccc(CO)c2)C1)C6C5CO. The molecule has 0 radical (unpaired) electrons. The second-order valence-electron chi connectivity index (χ2n) is 22.4. The van der Waals surface area contributed by atoms with Crippen LogP contribution in [0.4, 0.5) is 0 Å². The Morgan fingerprint density at radius 2 is 1.77 bits per heavy atom. The van der Waals surface area contributed by atoms with Crippen LogP contribution in [0, 0.1) is 57.2 Å². The summed E-state index contributed by atoms with van der Waals surface area (Å²) in [6, 6.07) is 6.63. The number of nitrogens with zero attached hydrogens (tertiary/aromatic N) is 1. The van der Waals surface area contributed by atoms with Crippen molar-refractivity contribution in [3.63, 3.8) is 0 Å². The van der Waals surface area contributed by atoms with Gasteiger partial charge in [-0.25, -0.2) is 0 Å². The third-order valence-corrected chi connectivity index (χ3v) is 19.6. The molecule has 65 heavy (non-hydrogen) atoms. The van der Waals surface area contributed by atoms with Gasteiger partial charge in [-0.05, 0) is 112 Å². The number of benzene rings is 1. The maximum Gasteiger partial charge on any atom is 0.240 e. The van der Waals surface area contributed by atoms with Crippen LogP contribution in [0.15, 0.2) is 35.9 Å². The normalized spacial score (nSPS) is 48.3. The van der Waals surface area contributed by atoms with Crippen LogP contribution >= 0.6 is 0 Å². The van der Waals surface area contributed by atoms with Crippen LogP contribution in [-0.2, 0) is 30.4 Å². The largest absolute Gasteiger partial charge is 0.396 e. The molecule has 11 rings (SSSR count). The molecule has 10 aliphatic rings. The fourth-order valence-electron chi connectivity index (χ4n) is 16.0. The standard InChI is InChI=1S/C51H70N2O12/c1-45-15-12-33(64-21-7-20-63-4)23-35(45)36(56)24-38-49(45)14-6-10-32-26-53(32)44(58)41-48(16-11-31(25-48)30-9-5-8-29(22-30)27-54)39-34(28-55)42(65-40(39)43(57)52-41)51(61,62)47(3,59)37-13-17-50(38,60)46(37,2)18-19-49/h5,8-9,22,24,31-35,37,39-43,52,54-55,57,59-62H,7,10-13,15-21,23,25-28H2,1-4H3. The highest BCUT2D eigenvalue weighted by atomic mass is 16.6. The van der Waals surface area contributed by atoms with Gasteiger partial charge < -0.3 is 54.9 Å². The third-order valence-electron chi connectivity index (χ3n) is 19.6. The van der Waals surface area contributed by atoms with Gasteiger partial charge in [-0.1, -0.05) is 44.0 Å². The summed E-state index contributed by atoms with van der Waals surface area (Å²) in [6.45, 7) is 6.27. The van der Waals surface area contributed by atoms with Crippen molar-refractivity contribution in [1.29, 1.82) is 0 Å². The summed E-state index contributed by atoms with van der Waals surface area (Å²) in [4.78, 5) is 31.4. The number of methoxy groups -OCH3 is 1. The summed E-state index contributed by atoms with van der Waals surface area (Å²) < 4.78 is 18.1. The van der Waals surface area contributed by atoms with Gasteiger partial charge in [-0.15, -0.1) is 5.92 Å². The van der Waals surface area contributed by atoms with E-state index in [1.54, 1.807) is 18.1 Å². The maximum absolute atomic E-state index is 15.1. The topological polar surface area (TPSA) is 218 Å². The lowest BCUT2D eigenvalue weighted by Crippen LogP contribution is -2.70. The highest BCUT2D eigenvalue weighted by Gasteiger charge is 2.77. The Bertz CT molecular complexity index is 2170. The first-order valence-corrected chi connectivity index (χ1v) is 24.3. The lowest BCUT2D eigenvalue weighted by Gasteiger charge is -2.64. The number of allylic oxidation sites excluding steroid dienone is 1. The molecule has 0 aromatic heterocycles. The molecule has 8 N–H and O–H groups in total. The first kappa shape index (κ1) is 46.0. The molecule has 5 aliphatic carbocycles. The number of rotatable bonds is 8. The van der Waals surface area contributed by atoms with Crippen molar-refractivity contribution in [2.75, 3.05) is 33.5 Å². The van der Waals surface area contributed by atoms with E-state index < -0.39 is 93.4 Å². The minimum Gasteiger partial charge on any atom is -0.396 e.